The molecule has 7 aliphatic carbocycles. The summed E-state index contributed by atoms with van der Waals surface area (Å²) in [7, 11) is 0. The molecule has 0 radical (unpaired) electrons. The van der Waals surface area contributed by atoms with Crippen LogP contribution in [0.3, 0.4) is 0 Å². The van der Waals surface area contributed by atoms with E-state index in [0.717, 1.165) is 54.4 Å². The van der Waals surface area contributed by atoms with Crippen molar-refractivity contribution in [3.05, 3.63) is 171 Å². The van der Waals surface area contributed by atoms with Gasteiger partial charge in [0.2, 0.25) is 0 Å². The average molecular weight is 1340 g/mol. The van der Waals surface area contributed by atoms with Crippen LogP contribution in [0.5, 0.6) is 0 Å². The largest absolute Gasteiger partial charge is 0.456 e. The molecule has 0 fully saturated rings. The number of hydrogen-bond acceptors (Lipinski definition) is 3. The van der Waals surface area contributed by atoms with E-state index in [1.165, 1.54) is 203 Å². The van der Waals surface area contributed by atoms with Gasteiger partial charge in [0, 0.05) is 61.0 Å². The molecular weight excluding hydrogens is 1240 g/mol. The number of allylic oxidation sites excluding steroid dienone is 6. The third-order valence-electron chi connectivity index (χ3n) is 25.6. The van der Waals surface area contributed by atoms with Gasteiger partial charge in [-0.25, -0.2) is 0 Å². The second kappa shape index (κ2) is 24.0. The summed E-state index contributed by atoms with van der Waals surface area (Å²) in [4.78, 5) is 3.05. The fourth-order valence-corrected chi connectivity index (χ4v) is 22.4. The molecule has 8 aromatic rings. The molecule has 0 saturated heterocycles. The molecular formula is C89H102INO2. The van der Waals surface area contributed by atoms with Crippen molar-refractivity contribution < 1.29 is 8.83 Å². The highest BCUT2D eigenvalue weighted by molar-refractivity contribution is 14.1. The number of benzene rings is 6. The number of fused-ring (bicyclic) bond motifs is 18. The van der Waals surface area contributed by atoms with Gasteiger partial charge in [-0.3, -0.25) is 0 Å². The maximum Gasteiger partial charge on any atom is 0.143 e. The van der Waals surface area contributed by atoms with E-state index in [9.17, 15) is 0 Å². The van der Waals surface area contributed by atoms with E-state index in [4.69, 9.17) is 15.3 Å². The Morgan fingerprint density at radius 3 is 1.99 bits per heavy atom. The lowest BCUT2D eigenvalue weighted by Gasteiger charge is -2.47. The molecule has 0 bridgehead atoms. The number of terminal acetylenes is 1. The molecule has 0 spiro atoms. The minimum atomic E-state index is -0.231. The summed E-state index contributed by atoms with van der Waals surface area (Å²) >= 11 is 3.19. The predicted molar refractivity (Wildman–Crippen MR) is 405 cm³/mol. The molecule has 6 aromatic carbocycles. The maximum absolute atomic E-state index is 7.56. The highest BCUT2D eigenvalue weighted by Crippen LogP contribution is 2.72. The first-order chi connectivity index (χ1) is 45.0. The van der Waals surface area contributed by atoms with Gasteiger partial charge in [0.25, 0.3) is 0 Å². The quantitative estimate of drug-likeness (QED) is 0.0299. The Kier molecular flexibility index (Phi) is 16.2. The Morgan fingerprint density at radius 1 is 0.613 bits per heavy atom. The summed E-state index contributed by atoms with van der Waals surface area (Å²) in [5.74, 6) is 4.68. The predicted octanol–water partition coefficient (Wildman–Crippen LogP) is 26.1. The molecule has 3 nitrogen and oxygen atoms in total. The van der Waals surface area contributed by atoms with E-state index in [1.54, 1.807) is 22.3 Å². The summed E-state index contributed by atoms with van der Waals surface area (Å²) < 4.78 is 14.0. The topological polar surface area (TPSA) is 29.5 Å². The van der Waals surface area contributed by atoms with Crippen molar-refractivity contribution in [2.45, 2.75) is 249 Å². The first kappa shape index (κ1) is 63.0. The van der Waals surface area contributed by atoms with E-state index in [-0.39, 0.29) is 37.2 Å². The van der Waals surface area contributed by atoms with Gasteiger partial charge in [0.05, 0.1) is 9.46 Å². The normalized spacial score (nSPS) is 26.1. The number of para-hydroxylation sites is 2. The smallest absolute Gasteiger partial charge is 0.143 e. The number of alkyl halides is 1. The Labute approximate surface area is 570 Å². The Balaban J connectivity index is 0.917. The first-order valence-corrected chi connectivity index (χ1v) is 38.1. The summed E-state index contributed by atoms with van der Waals surface area (Å²) in [6.07, 6.45) is 44.0. The van der Waals surface area contributed by atoms with E-state index in [1.807, 2.05) is 0 Å². The van der Waals surface area contributed by atoms with Gasteiger partial charge in [-0.15, -0.1) is 6.42 Å². The van der Waals surface area contributed by atoms with Crippen LogP contribution >= 0.6 is 22.6 Å². The SMILES string of the molecule is C#C/C=C1\C(=C/C)c2c3c4c(c5oc6ccccc6c25)C2=CCC(N(c5ccc6c(c5)C(C)(C)c5cc7c(cc5-6)C(C)(C)c5ccc6oc8ccccc8c6c5-7)C5C(C)=CCC(C)CC5C)CC2C4(I)CCC(CCCCC)(CCCCC)CCC13CCCCCCC. The van der Waals surface area contributed by atoms with Crippen molar-refractivity contribution >= 4 is 83.3 Å². The van der Waals surface area contributed by atoms with E-state index < -0.39 is 0 Å². The zero-order valence-electron chi connectivity index (χ0n) is 58.1. The molecule has 7 aliphatic rings. The van der Waals surface area contributed by atoms with Crippen LogP contribution in [0.4, 0.5) is 5.69 Å². The molecule has 0 N–H and O–H groups in total. The van der Waals surface area contributed by atoms with Crippen LogP contribution in [0, 0.1) is 35.5 Å². The number of anilines is 1. The van der Waals surface area contributed by atoms with E-state index in [0.29, 0.717) is 17.8 Å². The Morgan fingerprint density at radius 2 is 1.26 bits per heavy atom. The van der Waals surface area contributed by atoms with Crippen molar-refractivity contribution in [2.24, 2.45) is 23.2 Å². The molecule has 2 heterocycles. The number of halogens is 1. The number of furan rings is 2. The molecule has 2 aromatic heterocycles. The third kappa shape index (κ3) is 9.62. The van der Waals surface area contributed by atoms with Gasteiger partial charge in [0.1, 0.15) is 22.3 Å². The highest BCUT2D eigenvalue weighted by Gasteiger charge is 2.60. The second-order valence-electron chi connectivity index (χ2n) is 31.8. The number of unbranched alkanes of at least 4 members (excludes halogenated alkanes) is 8. The van der Waals surface area contributed by atoms with Crippen LogP contribution in [0.15, 0.2) is 135 Å². The maximum atomic E-state index is 7.56. The van der Waals surface area contributed by atoms with Crippen LogP contribution < -0.4 is 4.90 Å². The van der Waals surface area contributed by atoms with Gasteiger partial charge in [0.15, 0.2) is 0 Å². The Bertz CT molecular complexity index is 4470. The molecule has 7 atom stereocenters. The second-order valence-corrected chi connectivity index (χ2v) is 33.8. The van der Waals surface area contributed by atoms with Gasteiger partial charge in [-0.2, -0.15) is 0 Å². The lowest BCUT2D eigenvalue weighted by molar-refractivity contribution is 0.157. The summed E-state index contributed by atoms with van der Waals surface area (Å²) in [5.41, 5.74) is 28.4. The lowest BCUT2D eigenvalue weighted by atomic mass is 9.64. The minimum absolute atomic E-state index is 0.168. The zero-order chi connectivity index (χ0) is 64.5. The number of hydrogen-bond donors (Lipinski definition) is 0. The molecule has 0 aliphatic heterocycles. The molecule has 93 heavy (non-hydrogen) atoms. The molecule has 15 rings (SSSR count). The van der Waals surface area contributed by atoms with Crippen LogP contribution in [-0.2, 0) is 19.7 Å². The van der Waals surface area contributed by atoms with Crippen LogP contribution in [0.25, 0.3) is 77.3 Å². The molecule has 7 unspecified atom stereocenters. The van der Waals surface area contributed by atoms with Crippen LogP contribution in [0.2, 0.25) is 0 Å². The molecule has 482 valence electrons. The van der Waals surface area contributed by atoms with Crippen molar-refractivity contribution in [1.82, 2.24) is 0 Å². The molecule has 0 saturated carbocycles. The van der Waals surface area contributed by atoms with Gasteiger partial charge in [-0.05, 0) is 228 Å². The Hall–Kier alpha value is -6.03. The summed E-state index contributed by atoms with van der Waals surface area (Å²) in [6, 6.07) is 35.9. The van der Waals surface area contributed by atoms with Crippen LogP contribution in [-0.4, -0.2) is 12.1 Å². The fraction of sp³-hybridized carbons (Fsp3) is 0.483. The number of nitrogens with zero attached hydrogens (tertiary/aromatic N) is 1. The highest BCUT2D eigenvalue weighted by atomic mass is 127. The summed E-state index contributed by atoms with van der Waals surface area (Å²) in [5, 5.41) is 5.04. The third-order valence-corrected chi connectivity index (χ3v) is 27.5. The minimum Gasteiger partial charge on any atom is -0.456 e. The lowest BCUT2D eigenvalue weighted by Crippen LogP contribution is -2.49. The van der Waals surface area contributed by atoms with E-state index >= 15 is 0 Å². The monoisotopic (exact) mass is 1340 g/mol. The van der Waals surface area contributed by atoms with Crippen molar-refractivity contribution in [3.63, 3.8) is 0 Å². The van der Waals surface area contributed by atoms with Gasteiger partial charge < -0.3 is 13.7 Å². The zero-order valence-corrected chi connectivity index (χ0v) is 60.3. The van der Waals surface area contributed by atoms with Crippen molar-refractivity contribution in [2.75, 3.05) is 4.90 Å². The van der Waals surface area contributed by atoms with Gasteiger partial charge >= 0.3 is 0 Å². The first-order valence-electron chi connectivity index (χ1n) is 37.0. The van der Waals surface area contributed by atoms with Gasteiger partial charge in [-0.1, -0.05) is 234 Å². The average Bonchev–Trinajstić information content (AvgIpc) is 1.50. The fourth-order valence-electron chi connectivity index (χ4n) is 21.0. The molecule has 0 amide bonds. The standard InChI is InChI=1S/C89H102INO2/c1-13-18-21-22-29-45-88-48-46-87(43-27-19-14-2,44-28-20-15-3)47-49-89(90)72-52-59(38-40-62(72)80-82(89)81(88)78(60(17-5)67(88)30-16-4)79-64-32-24-26-34-74(64)93-84(79)80)91(83-56(7)36-35-55(6)50-57(83)8)58-37-39-61-65-53-71-66(54-70(65)86(11,12)69(61)51-58)76-68(85(71,9)10)41-42-75-77(76)63-31-23-25-33-73(63)92-75/h4,17,23-26,30-34,36-37,39-42,51,53-55,57,59,72,83H,13-15,18-22,27-29,35,38,43-50,52H2,1-3,5-12H3/b60-17+,67-30+. The van der Waals surface area contributed by atoms with Crippen molar-refractivity contribution in [3.8, 4) is 34.6 Å². The van der Waals surface area contributed by atoms with Crippen LogP contribution in [0.1, 0.15) is 262 Å². The molecule has 4 heteroatoms. The van der Waals surface area contributed by atoms with E-state index in [2.05, 4.69) is 225 Å². The number of rotatable bonds is 17. The van der Waals surface area contributed by atoms with Crippen molar-refractivity contribution in [1.29, 1.82) is 0 Å². The summed E-state index contributed by atoms with van der Waals surface area (Å²) in [6.45, 7) is 27.0.